The van der Waals surface area contributed by atoms with E-state index in [4.69, 9.17) is 5.73 Å². The molecule has 19 heavy (non-hydrogen) atoms. The maximum atomic E-state index is 13.6. The molecule has 0 saturated heterocycles. The molecule has 0 bridgehead atoms. The molecule has 0 spiro atoms. The first-order valence-electron chi connectivity index (χ1n) is 6.00. The third-order valence-electron chi connectivity index (χ3n) is 2.87. The summed E-state index contributed by atoms with van der Waals surface area (Å²) in [6.45, 7) is 2.48. The second-order valence-electron chi connectivity index (χ2n) is 4.14. The van der Waals surface area contributed by atoms with Gasteiger partial charge in [-0.25, -0.2) is 4.39 Å². The molecule has 2 rings (SSSR count). The van der Waals surface area contributed by atoms with E-state index in [1.165, 1.54) is 17.7 Å². The Kier molecular flexibility index (Phi) is 4.16. The summed E-state index contributed by atoms with van der Waals surface area (Å²) in [6, 6.07) is 6.10. The highest BCUT2D eigenvalue weighted by Crippen LogP contribution is 2.17. The van der Waals surface area contributed by atoms with Crippen LogP contribution in [0.4, 0.5) is 10.1 Å². The summed E-state index contributed by atoms with van der Waals surface area (Å²) in [7, 11) is 0. The zero-order valence-electron chi connectivity index (χ0n) is 10.6. The largest absolute Gasteiger partial charge is 0.399 e. The van der Waals surface area contributed by atoms with Crippen molar-refractivity contribution in [3.05, 3.63) is 51.5 Å². The van der Waals surface area contributed by atoms with Gasteiger partial charge in [-0.3, -0.25) is 4.79 Å². The number of hydrogen-bond donors (Lipinski definition) is 2. The maximum Gasteiger partial charge on any atom is 0.254 e. The average Bonchev–Trinajstić information content (AvgIpc) is 2.83. The Hall–Kier alpha value is -1.88. The molecule has 1 amide bonds. The number of benzene rings is 1. The van der Waals surface area contributed by atoms with E-state index in [-0.39, 0.29) is 5.56 Å². The quantitative estimate of drug-likeness (QED) is 0.845. The highest BCUT2D eigenvalue weighted by molar-refractivity contribution is 7.10. The Balaban J connectivity index is 2.05. The van der Waals surface area contributed by atoms with Crippen LogP contribution in [0, 0.1) is 5.82 Å². The number of hydrogen-bond acceptors (Lipinski definition) is 3. The lowest BCUT2D eigenvalue weighted by Gasteiger charge is -2.07. The third-order valence-corrected chi connectivity index (χ3v) is 3.83. The van der Waals surface area contributed by atoms with Crippen molar-refractivity contribution in [2.24, 2.45) is 0 Å². The molecule has 2 aromatic rings. The second-order valence-corrected chi connectivity index (χ2v) is 5.15. The first kappa shape index (κ1) is 13.5. The predicted octanol–water partition coefficient (Wildman–Crippen LogP) is 2.96. The van der Waals surface area contributed by atoms with Gasteiger partial charge in [0.1, 0.15) is 5.82 Å². The van der Waals surface area contributed by atoms with Gasteiger partial charge in [0.25, 0.3) is 5.91 Å². The van der Waals surface area contributed by atoms with Gasteiger partial charge in [0, 0.05) is 10.6 Å². The molecule has 1 heterocycles. The van der Waals surface area contributed by atoms with Crippen molar-refractivity contribution in [2.45, 2.75) is 19.9 Å². The molecule has 0 atom stereocenters. The number of anilines is 1. The van der Waals surface area contributed by atoms with Gasteiger partial charge < -0.3 is 11.1 Å². The van der Waals surface area contributed by atoms with Crippen molar-refractivity contribution in [3.63, 3.8) is 0 Å². The summed E-state index contributed by atoms with van der Waals surface area (Å²) < 4.78 is 13.6. The number of rotatable bonds is 4. The van der Waals surface area contributed by atoms with Gasteiger partial charge in [0.05, 0.1) is 12.1 Å². The van der Waals surface area contributed by atoms with E-state index in [1.54, 1.807) is 11.3 Å². The van der Waals surface area contributed by atoms with Crippen LogP contribution in [-0.2, 0) is 13.0 Å². The predicted molar refractivity (Wildman–Crippen MR) is 75.7 cm³/mol. The first-order chi connectivity index (χ1) is 9.11. The molecule has 0 aliphatic rings. The van der Waals surface area contributed by atoms with Crippen molar-refractivity contribution < 1.29 is 9.18 Å². The molecule has 0 fully saturated rings. The summed E-state index contributed by atoms with van der Waals surface area (Å²) in [5, 5.41) is 4.72. The molecule has 0 aliphatic heterocycles. The lowest BCUT2D eigenvalue weighted by atomic mass is 10.1. The highest BCUT2D eigenvalue weighted by Gasteiger charge is 2.12. The van der Waals surface area contributed by atoms with E-state index in [0.717, 1.165) is 17.4 Å². The molecule has 5 heteroatoms. The number of carbonyl (C=O) groups is 1. The topological polar surface area (TPSA) is 55.1 Å². The van der Waals surface area contributed by atoms with Crippen LogP contribution in [0.15, 0.2) is 29.6 Å². The van der Waals surface area contributed by atoms with Crippen LogP contribution >= 0.6 is 11.3 Å². The van der Waals surface area contributed by atoms with Crippen molar-refractivity contribution in [2.75, 3.05) is 5.73 Å². The van der Waals surface area contributed by atoms with Gasteiger partial charge in [-0.2, -0.15) is 0 Å². The van der Waals surface area contributed by atoms with Crippen LogP contribution in [0.3, 0.4) is 0 Å². The number of thiophene rings is 1. The second kappa shape index (κ2) is 5.84. The van der Waals surface area contributed by atoms with Crippen LogP contribution in [-0.4, -0.2) is 5.91 Å². The third kappa shape index (κ3) is 3.12. The minimum absolute atomic E-state index is 0.0174. The fourth-order valence-electron chi connectivity index (χ4n) is 1.81. The lowest BCUT2D eigenvalue weighted by Crippen LogP contribution is -2.23. The van der Waals surface area contributed by atoms with E-state index in [2.05, 4.69) is 12.2 Å². The Morgan fingerprint density at radius 3 is 2.89 bits per heavy atom. The van der Waals surface area contributed by atoms with Gasteiger partial charge in [-0.1, -0.05) is 6.92 Å². The molecule has 1 aromatic carbocycles. The summed E-state index contributed by atoms with van der Waals surface area (Å²) in [4.78, 5) is 13.0. The van der Waals surface area contributed by atoms with Crippen LogP contribution in [0.25, 0.3) is 0 Å². The fourth-order valence-corrected chi connectivity index (χ4v) is 2.72. The van der Waals surface area contributed by atoms with Crippen LogP contribution in [0.5, 0.6) is 0 Å². The monoisotopic (exact) mass is 278 g/mol. The smallest absolute Gasteiger partial charge is 0.254 e. The van der Waals surface area contributed by atoms with Gasteiger partial charge in [0.2, 0.25) is 0 Å². The summed E-state index contributed by atoms with van der Waals surface area (Å²) in [6.07, 6.45) is 0.922. The van der Waals surface area contributed by atoms with Crippen molar-refractivity contribution in [3.8, 4) is 0 Å². The van der Waals surface area contributed by atoms with Crippen molar-refractivity contribution in [1.82, 2.24) is 5.32 Å². The van der Waals surface area contributed by atoms with E-state index in [1.807, 2.05) is 11.4 Å². The van der Waals surface area contributed by atoms with E-state index in [9.17, 15) is 9.18 Å². The van der Waals surface area contributed by atoms with Gasteiger partial charge in [-0.15, -0.1) is 11.3 Å². The molecule has 1 aromatic heterocycles. The number of nitrogens with two attached hydrogens (primary N) is 1. The molecule has 0 unspecified atom stereocenters. The van der Waals surface area contributed by atoms with E-state index < -0.39 is 11.7 Å². The number of carbonyl (C=O) groups excluding carboxylic acids is 1. The SMILES string of the molecule is CCc1ccsc1CNC(=O)c1ccc(N)cc1F. The number of halogens is 1. The zero-order valence-corrected chi connectivity index (χ0v) is 11.4. The number of nitrogen functional groups attached to an aromatic ring is 1. The maximum absolute atomic E-state index is 13.6. The zero-order chi connectivity index (χ0) is 13.8. The first-order valence-corrected chi connectivity index (χ1v) is 6.88. The summed E-state index contributed by atoms with van der Waals surface area (Å²) >= 11 is 1.59. The van der Waals surface area contributed by atoms with Gasteiger partial charge >= 0.3 is 0 Å². The summed E-state index contributed by atoms with van der Waals surface area (Å²) in [5.74, 6) is -1.02. The van der Waals surface area contributed by atoms with Gasteiger partial charge in [0.15, 0.2) is 0 Å². The Bertz CT molecular complexity index is 595. The Labute approximate surface area is 115 Å². The van der Waals surface area contributed by atoms with Crippen LogP contribution in [0.1, 0.15) is 27.7 Å². The summed E-state index contributed by atoms with van der Waals surface area (Å²) in [5.41, 5.74) is 6.98. The molecular formula is C14H15FN2OS. The van der Waals surface area contributed by atoms with Gasteiger partial charge in [-0.05, 0) is 41.6 Å². The molecule has 100 valence electrons. The normalized spacial score (nSPS) is 10.4. The van der Waals surface area contributed by atoms with Crippen LogP contribution < -0.4 is 11.1 Å². The Morgan fingerprint density at radius 2 is 2.21 bits per heavy atom. The van der Waals surface area contributed by atoms with E-state index in [0.29, 0.717) is 12.2 Å². The molecule has 3 N–H and O–H groups in total. The molecule has 0 aliphatic carbocycles. The fraction of sp³-hybridized carbons (Fsp3) is 0.214. The van der Waals surface area contributed by atoms with E-state index >= 15 is 0 Å². The molecule has 0 saturated carbocycles. The van der Waals surface area contributed by atoms with Crippen molar-refractivity contribution in [1.29, 1.82) is 0 Å². The standard InChI is InChI=1S/C14H15FN2OS/c1-2-9-5-6-19-13(9)8-17-14(18)11-4-3-10(16)7-12(11)15/h3-7H,2,8,16H2,1H3,(H,17,18). The highest BCUT2D eigenvalue weighted by atomic mass is 32.1. The minimum atomic E-state index is -0.598. The number of aryl methyl sites for hydroxylation is 1. The Morgan fingerprint density at radius 1 is 1.42 bits per heavy atom. The number of amides is 1. The molecular weight excluding hydrogens is 263 g/mol. The van der Waals surface area contributed by atoms with Crippen LogP contribution in [0.2, 0.25) is 0 Å². The molecule has 3 nitrogen and oxygen atoms in total. The lowest BCUT2D eigenvalue weighted by molar-refractivity contribution is 0.0947. The molecule has 0 radical (unpaired) electrons. The number of nitrogens with one attached hydrogen (secondary N) is 1. The van der Waals surface area contributed by atoms with Crippen molar-refractivity contribution >= 4 is 22.9 Å². The average molecular weight is 278 g/mol. The minimum Gasteiger partial charge on any atom is -0.399 e.